The van der Waals surface area contributed by atoms with Gasteiger partial charge in [-0.1, -0.05) is 0 Å². The lowest BCUT2D eigenvalue weighted by Gasteiger charge is -2.23. The van der Waals surface area contributed by atoms with Gasteiger partial charge in [0.1, 0.15) is 6.61 Å². The van der Waals surface area contributed by atoms with Crippen LogP contribution in [0.4, 0.5) is 0 Å². The van der Waals surface area contributed by atoms with E-state index in [-0.39, 0.29) is 31.7 Å². The number of hydrogen-bond donors (Lipinski definition) is 1. The van der Waals surface area contributed by atoms with Crippen molar-refractivity contribution in [2.24, 2.45) is 0 Å². The molecule has 0 bridgehead atoms. The Kier molecular flexibility index (Phi) is 7.69. The number of carbonyl (C=O) groups excluding carboxylic acids is 7. The maximum absolute atomic E-state index is 11.9. The molecule has 2 aliphatic heterocycles. The molecule has 5 amide bonds. The molecule has 0 aromatic rings. The molecule has 0 saturated carbocycles. The van der Waals surface area contributed by atoms with Crippen molar-refractivity contribution in [3.05, 3.63) is 24.3 Å². The number of hydroxylamine groups is 2. The van der Waals surface area contributed by atoms with Crippen molar-refractivity contribution in [3.63, 3.8) is 0 Å². The molecule has 2 aliphatic rings. The highest BCUT2D eigenvalue weighted by molar-refractivity contribution is 6.12. The summed E-state index contributed by atoms with van der Waals surface area (Å²) < 4.78 is 5.32. The summed E-state index contributed by atoms with van der Waals surface area (Å²) in [5.74, 6) is -4.52. The van der Waals surface area contributed by atoms with Crippen LogP contribution in [0.5, 0.6) is 0 Å². The Morgan fingerprint density at radius 3 is 2.23 bits per heavy atom. The molecule has 0 aromatic carbocycles. The molecule has 1 unspecified atom stereocenters. The van der Waals surface area contributed by atoms with Gasteiger partial charge in [-0.2, -0.15) is 0 Å². The fourth-order valence-electron chi connectivity index (χ4n) is 2.43. The van der Waals surface area contributed by atoms with Crippen LogP contribution in [-0.4, -0.2) is 77.1 Å². The van der Waals surface area contributed by atoms with Gasteiger partial charge >= 0.3 is 5.97 Å². The average Bonchev–Trinajstić information content (AvgIpc) is 3.18. The zero-order valence-electron chi connectivity index (χ0n) is 16.0. The summed E-state index contributed by atoms with van der Waals surface area (Å²) in [5.41, 5.74) is 0. The van der Waals surface area contributed by atoms with Crippen molar-refractivity contribution in [2.75, 3.05) is 19.7 Å². The fraction of sp³-hybridized carbons (Fsp3) is 0.389. The molecular weight excluding hydrogens is 402 g/mol. The van der Waals surface area contributed by atoms with Crippen LogP contribution in [-0.2, 0) is 43.1 Å². The summed E-state index contributed by atoms with van der Waals surface area (Å²) in [6, 6.07) is 0. The van der Waals surface area contributed by atoms with Crippen molar-refractivity contribution in [1.29, 1.82) is 0 Å². The van der Waals surface area contributed by atoms with E-state index in [1.807, 2.05) is 0 Å². The molecular formula is C18H19N3O9. The average molecular weight is 421 g/mol. The summed E-state index contributed by atoms with van der Waals surface area (Å²) in [5, 5.41) is 2.76. The molecule has 0 aliphatic carbocycles. The lowest BCUT2D eigenvalue weighted by atomic mass is 10.3. The lowest BCUT2D eigenvalue weighted by molar-refractivity contribution is -0.201. The summed E-state index contributed by atoms with van der Waals surface area (Å²) in [6.45, 7) is 0.0442. The first-order valence-corrected chi connectivity index (χ1v) is 8.85. The Labute approximate surface area is 170 Å². The first-order chi connectivity index (χ1) is 14.2. The zero-order chi connectivity index (χ0) is 22.3. The van der Waals surface area contributed by atoms with E-state index in [0.717, 1.165) is 29.2 Å². The highest BCUT2D eigenvalue weighted by Gasteiger charge is 2.33. The van der Waals surface area contributed by atoms with Crippen LogP contribution < -0.4 is 5.32 Å². The van der Waals surface area contributed by atoms with Crippen LogP contribution in [0.3, 0.4) is 0 Å². The van der Waals surface area contributed by atoms with E-state index >= 15 is 0 Å². The number of ketones is 1. The molecule has 0 radical (unpaired) electrons. The number of imide groups is 2. The second-order valence-electron chi connectivity index (χ2n) is 6.29. The minimum Gasteiger partial charge on any atom is -0.363 e. The molecule has 1 saturated heterocycles. The van der Waals surface area contributed by atoms with Gasteiger partial charge in [0, 0.05) is 37.6 Å². The summed E-state index contributed by atoms with van der Waals surface area (Å²) in [4.78, 5) is 86.4. The molecule has 160 valence electrons. The van der Waals surface area contributed by atoms with Crippen molar-refractivity contribution < 1.29 is 43.1 Å². The number of allylic oxidation sites excluding steroid dienone is 1. The van der Waals surface area contributed by atoms with E-state index in [1.165, 1.54) is 6.92 Å². The van der Waals surface area contributed by atoms with Crippen LogP contribution in [0.2, 0.25) is 0 Å². The van der Waals surface area contributed by atoms with E-state index in [0.29, 0.717) is 5.06 Å². The molecule has 1 fully saturated rings. The third-order valence-corrected chi connectivity index (χ3v) is 3.90. The topological polar surface area (TPSA) is 156 Å². The Morgan fingerprint density at radius 2 is 1.67 bits per heavy atom. The molecule has 30 heavy (non-hydrogen) atoms. The van der Waals surface area contributed by atoms with Gasteiger partial charge < -0.3 is 14.9 Å². The quantitative estimate of drug-likeness (QED) is 0.316. The number of rotatable bonds is 10. The Bertz CT molecular complexity index is 812. The minimum absolute atomic E-state index is 0.0679. The van der Waals surface area contributed by atoms with Crippen LogP contribution in [0.15, 0.2) is 24.3 Å². The predicted molar refractivity (Wildman–Crippen MR) is 95.6 cm³/mol. The van der Waals surface area contributed by atoms with Gasteiger partial charge in [0.15, 0.2) is 5.78 Å². The number of nitrogens with zero attached hydrogens (tertiary/aromatic N) is 2. The highest BCUT2D eigenvalue weighted by Crippen LogP contribution is 2.12. The highest BCUT2D eigenvalue weighted by atomic mass is 16.7. The summed E-state index contributed by atoms with van der Waals surface area (Å²) in [7, 11) is 0. The minimum atomic E-state index is -1.05. The van der Waals surface area contributed by atoms with E-state index in [1.54, 1.807) is 0 Å². The maximum Gasteiger partial charge on any atom is 0.358 e. The molecule has 2 heterocycles. The number of nitrogens with one attached hydrogen (secondary N) is 1. The largest absolute Gasteiger partial charge is 0.363 e. The van der Waals surface area contributed by atoms with Crippen LogP contribution in [0.25, 0.3) is 0 Å². The second-order valence-corrected chi connectivity index (χ2v) is 6.29. The van der Waals surface area contributed by atoms with E-state index < -0.39 is 48.2 Å². The molecule has 1 atom stereocenters. The van der Waals surface area contributed by atoms with Crippen molar-refractivity contribution in [2.45, 2.75) is 25.9 Å². The third kappa shape index (κ3) is 6.44. The number of amides is 5. The van der Waals surface area contributed by atoms with E-state index in [9.17, 15) is 33.6 Å². The van der Waals surface area contributed by atoms with Gasteiger partial charge in [0.05, 0.1) is 12.6 Å². The Hall–Kier alpha value is -3.67. The summed E-state index contributed by atoms with van der Waals surface area (Å²) >= 11 is 0. The molecule has 12 heteroatoms. The maximum atomic E-state index is 11.9. The van der Waals surface area contributed by atoms with Crippen LogP contribution in [0.1, 0.15) is 19.8 Å². The fourth-order valence-corrected chi connectivity index (χ4v) is 2.43. The molecule has 2 rings (SSSR count). The van der Waals surface area contributed by atoms with Crippen molar-refractivity contribution in [1.82, 2.24) is 15.3 Å². The molecule has 12 nitrogen and oxygen atoms in total. The van der Waals surface area contributed by atoms with E-state index in [2.05, 4.69) is 10.2 Å². The van der Waals surface area contributed by atoms with Gasteiger partial charge in [0.2, 0.25) is 5.91 Å². The Balaban J connectivity index is 1.93. The zero-order valence-corrected chi connectivity index (χ0v) is 16.0. The van der Waals surface area contributed by atoms with Crippen LogP contribution >= 0.6 is 0 Å². The third-order valence-electron chi connectivity index (χ3n) is 3.90. The number of carbonyl (C=O) groups is 7. The first-order valence-electron chi connectivity index (χ1n) is 8.85. The lowest BCUT2D eigenvalue weighted by Crippen LogP contribution is -2.44. The van der Waals surface area contributed by atoms with Crippen molar-refractivity contribution in [3.8, 4) is 0 Å². The van der Waals surface area contributed by atoms with Gasteiger partial charge in [-0.05, 0) is 13.0 Å². The predicted octanol–water partition coefficient (Wildman–Crippen LogP) is -1.83. The first kappa shape index (κ1) is 22.6. The normalized spacial score (nSPS) is 17.2. The van der Waals surface area contributed by atoms with Gasteiger partial charge in [0.25, 0.3) is 23.6 Å². The van der Waals surface area contributed by atoms with Gasteiger partial charge in [-0.25, -0.2) is 4.79 Å². The standard InChI is InChI=1S/C18H19N3O9/c1-11(22)2-3-13(23)19-8-12(9-20-14(24)4-5-15(20)25)29-10-18(28)30-21-16(26)6-7-17(21)27/h2-5,12H,6-10H2,1H3,(H,19,23)/b3-2-. The summed E-state index contributed by atoms with van der Waals surface area (Å²) in [6.07, 6.45) is 3.02. The second kappa shape index (κ2) is 10.2. The van der Waals surface area contributed by atoms with Crippen molar-refractivity contribution >= 4 is 41.3 Å². The monoisotopic (exact) mass is 421 g/mol. The van der Waals surface area contributed by atoms with E-state index in [4.69, 9.17) is 4.74 Å². The Morgan fingerprint density at radius 1 is 1.07 bits per heavy atom. The molecule has 1 N–H and O–H groups in total. The number of hydrogen-bond acceptors (Lipinski definition) is 9. The van der Waals surface area contributed by atoms with Gasteiger partial charge in [-0.3, -0.25) is 33.7 Å². The van der Waals surface area contributed by atoms with Crippen LogP contribution in [0, 0.1) is 0 Å². The smallest absolute Gasteiger partial charge is 0.358 e. The molecule has 0 spiro atoms. The van der Waals surface area contributed by atoms with Gasteiger partial charge in [-0.15, -0.1) is 5.06 Å². The molecule has 0 aromatic heterocycles. The number of ether oxygens (including phenoxy) is 1. The SMILES string of the molecule is CC(=O)/C=C\C(=O)NCC(CN1C(=O)C=CC1=O)OCC(=O)ON1C(=O)CCC1=O.